The second kappa shape index (κ2) is 5.82. The molecule has 17 heavy (non-hydrogen) atoms. The number of nitrogens with one attached hydrogen (secondary N) is 2. The number of hydrogen-bond donors (Lipinski definition) is 3. The normalized spacial score (nSPS) is 14.8. The molecule has 9 heteroatoms. The van der Waals surface area contributed by atoms with Crippen molar-refractivity contribution in [1.82, 2.24) is 9.44 Å². The standard InChI is InChI=1S/C8H16N2O6S/c1-4-8(2,6(11)12)5-9-17(14,15)10-7(13)16-3/h9H,4-5H2,1-3H3,(H,10,13)(H,11,12). The molecule has 0 saturated heterocycles. The van der Waals surface area contributed by atoms with Gasteiger partial charge in [-0.15, -0.1) is 0 Å². The van der Waals surface area contributed by atoms with Crippen LogP contribution in [0.5, 0.6) is 0 Å². The highest BCUT2D eigenvalue weighted by Gasteiger charge is 2.32. The summed E-state index contributed by atoms with van der Waals surface area (Å²) in [6.45, 7) is 2.69. The van der Waals surface area contributed by atoms with Gasteiger partial charge in [-0.3, -0.25) is 4.79 Å². The van der Waals surface area contributed by atoms with Crippen LogP contribution in [0.3, 0.4) is 0 Å². The summed E-state index contributed by atoms with van der Waals surface area (Å²) in [4.78, 5) is 21.6. The number of methoxy groups -OCH3 is 1. The van der Waals surface area contributed by atoms with Crippen molar-refractivity contribution in [3.05, 3.63) is 0 Å². The molecule has 0 spiro atoms. The molecule has 0 heterocycles. The van der Waals surface area contributed by atoms with Crippen LogP contribution >= 0.6 is 0 Å². The molecule has 0 fully saturated rings. The fraction of sp³-hybridized carbons (Fsp3) is 0.750. The predicted octanol–water partition coefficient (Wildman–Crippen LogP) is -0.322. The highest BCUT2D eigenvalue weighted by Crippen LogP contribution is 2.19. The second-order valence-corrected chi connectivity index (χ2v) is 5.14. The molecule has 0 aromatic carbocycles. The third-order valence-electron chi connectivity index (χ3n) is 2.35. The van der Waals surface area contributed by atoms with Crippen molar-refractivity contribution in [2.45, 2.75) is 20.3 Å². The number of carboxylic acids is 1. The van der Waals surface area contributed by atoms with E-state index in [9.17, 15) is 18.0 Å². The summed E-state index contributed by atoms with van der Waals surface area (Å²) in [5.41, 5.74) is -1.23. The van der Waals surface area contributed by atoms with Crippen molar-refractivity contribution in [3.8, 4) is 0 Å². The molecule has 8 nitrogen and oxygen atoms in total. The van der Waals surface area contributed by atoms with Gasteiger partial charge in [0.25, 0.3) is 0 Å². The summed E-state index contributed by atoms with van der Waals surface area (Å²) in [7, 11) is -3.10. The van der Waals surface area contributed by atoms with E-state index in [4.69, 9.17) is 5.11 Å². The molecule has 0 aromatic rings. The van der Waals surface area contributed by atoms with Gasteiger partial charge in [-0.05, 0) is 13.3 Å². The molecule has 0 aliphatic heterocycles. The number of amides is 1. The molecule has 0 rings (SSSR count). The van der Waals surface area contributed by atoms with E-state index >= 15 is 0 Å². The third kappa shape index (κ3) is 5.00. The van der Waals surface area contributed by atoms with E-state index in [1.807, 2.05) is 4.72 Å². The van der Waals surface area contributed by atoms with E-state index in [0.717, 1.165) is 7.11 Å². The Kier molecular flexibility index (Phi) is 5.36. The molecule has 1 unspecified atom stereocenters. The number of aliphatic carboxylic acids is 1. The van der Waals surface area contributed by atoms with Gasteiger partial charge in [-0.25, -0.2) is 9.52 Å². The second-order valence-electron chi connectivity index (χ2n) is 3.64. The Morgan fingerprint density at radius 1 is 1.41 bits per heavy atom. The van der Waals surface area contributed by atoms with Crippen LogP contribution in [0.25, 0.3) is 0 Å². The molecule has 1 amide bonds. The molecular formula is C8H16N2O6S. The number of rotatable bonds is 6. The van der Waals surface area contributed by atoms with Gasteiger partial charge in [0.2, 0.25) is 0 Å². The lowest BCUT2D eigenvalue weighted by molar-refractivity contribution is -0.147. The first-order chi connectivity index (χ1) is 7.67. The number of hydrogen-bond acceptors (Lipinski definition) is 5. The maximum atomic E-state index is 11.3. The van der Waals surface area contributed by atoms with Crippen LogP contribution in [0.15, 0.2) is 0 Å². The summed E-state index contributed by atoms with van der Waals surface area (Å²) in [6.07, 6.45) is -0.908. The Bertz CT molecular complexity index is 393. The fourth-order valence-electron chi connectivity index (χ4n) is 0.794. The van der Waals surface area contributed by atoms with E-state index in [0.29, 0.717) is 0 Å². The van der Waals surface area contributed by atoms with Crippen LogP contribution in [0.2, 0.25) is 0 Å². The zero-order valence-electron chi connectivity index (χ0n) is 9.81. The SMILES string of the molecule is CCC(C)(CNS(=O)(=O)NC(=O)OC)C(=O)O. The van der Waals surface area contributed by atoms with Gasteiger partial charge in [-0.2, -0.15) is 13.1 Å². The predicted molar refractivity (Wildman–Crippen MR) is 58.5 cm³/mol. The summed E-state index contributed by atoms with van der Waals surface area (Å²) >= 11 is 0. The highest BCUT2D eigenvalue weighted by molar-refractivity contribution is 7.88. The van der Waals surface area contributed by atoms with Crippen molar-refractivity contribution >= 4 is 22.3 Å². The van der Waals surface area contributed by atoms with Crippen molar-refractivity contribution in [3.63, 3.8) is 0 Å². The number of carbonyl (C=O) groups excluding carboxylic acids is 1. The van der Waals surface area contributed by atoms with Crippen molar-refractivity contribution in [2.75, 3.05) is 13.7 Å². The first kappa shape index (κ1) is 15.7. The first-order valence-corrected chi connectivity index (χ1v) is 6.24. The summed E-state index contributed by atoms with van der Waals surface area (Å²) in [5, 5.41) is 8.91. The van der Waals surface area contributed by atoms with Gasteiger partial charge in [0.15, 0.2) is 0 Å². The Balaban J connectivity index is 4.55. The summed E-state index contributed by atoms with van der Waals surface area (Å²) < 4.78 is 30.2. The van der Waals surface area contributed by atoms with Gasteiger partial charge >= 0.3 is 22.3 Å². The maximum Gasteiger partial charge on any atom is 0.421 e. The molecule has 3 N–H and O–H groups in total. The lowest BCUT2D eigenvalue weighted by Gasteiger charge is -2.22. The van der Waals surface area contributed by atoms with Crippen molar-refractivity contribution < 1.29 is 27.9 Å². The fourth-order valence-corrected chi connectivity index (χ4v) is 1.68. The van der Waals surface area contributed by atoms with Crippen molar-refractivity contribution in [2.24, 2.45) is 5.41 Å². The number of carbonyl (C=O) groups is 2. The van der Waals surface area contributed by atoms with E-state index in [-0.39, 0.29) is 13.0 Å². The van der Waals surface area contributed by atoms with Crippen LogP contribution in [-0.4, -0.2) is 39.2 Å². The lowest BCUT2D eigenvalue weighted by Crippen LogP contribution is -2.46. The molecule has 0 aliphatic carbocycles. The average molecular weight is 268 g/mol. The summed E-state index contributed by atoms with van der Waals surface area (Å²) in [6, 6.07) is 0. The minimum Gasteiger partial charge on any atom is -0.481 e. The lowest BCUT2D eigenvalue weighted by atomic mass is 9.88. The van der Waals surface area contributed by atoms with Gasteiger partial charge in [0.05, 0.1) is 12.5 Å². The minimum absolute atomic E-state index is 0.239. The van der Waals surface area contributed by atoms with E-state index in [1.54, 1.807) is 11.6 Å². The van der Waals surface area contributed by atoms with E-state index in [1.165, 1.54) is 6.92 Å². The zero-order valence-corrected chi connectivity index (χ0v) is 10.6. The summed E-state index contributed by atoms with van der Waals surface area (Å²) in [5.74, 6) is -1.12. The van der Waals surface area contributed by atoms with Crippen LogP contribution in [0.4, 0.5) is 4.79 Å². The van der Waals surface area contributed by atoms with Crippen LogP contribution in [0.1, 0.15) is 20.3 Å². The topological polar surface area (TPSA) is 122 Å². The maximum absolute atomic E-state index is 11.3. The highest BCUT2D eigenvalue weighted by atomic mass is 32.2. The molecule has 0 radical (unpaired) electrons. The first-order valence-electron chi connectivity index (χ1n) is 4.75. The van der Waals surface area contributed by atoms with Crippen molar-refractivity contribution in [1.29, 1.82) is 0 Å². The van der Waals surface area contributed by atoms with Gasteiger partial charge in [-0.1, -0.05) is 6.92 Å². The van der Waals surface area contributed by atoms with Gasteiger partial charge < -0.3 is 9.84 Å². The average Bonchev–Trinajstić information content (AvgIpc) is 2.25. The van der Waals surface area contributed by atoms with Crippen LogP contribution < -0.4 is 9.44 Å². The molecule has 0 aromatic heterocycles. The van der Waals surface area contributed by atoms with Crippen LogP contribution in [-0.2, 0) is 19.7 Å². The molecule has 1 atom stereocenters. The Morgan fingerprint density at radius 3 is 2.29 bits per heavy atom. The monoisotopic (exact) mass is 268 g/mol. The minimum atomic E-state index is -4.11. The third-order valence-corrected chi connectivity index (χ3v) is 3.31. The Hall–Kier alpha value is -1.35. The number of ether oxygens (including phenoxy) is 1. The van der Waals surface area contributed by atoms with E-state index < -0.39 is 27.7 Å². The van der Waals surface area contributed by atoms with Gasteiger partial charge in [0.1, 0.15) is 0 Å². The molecule has 0 bridgehead atoms. The largest absolute Gasteiger partial charge is 0.481 e. The molecular weight excluding hydrogens is 252 g/mol. The smallest absolute Gasteiger partial charge is 0.421 e. The Morgan fingerprint density at radius 2 is 1.94 bits per heavy atom. The van der Waals surface area contributed by atoms with Crippen LogP contribution in [0, 0.1) is 5.41 Å². The van der Waals surface area contributed by atoms with Gasteiger partial charge in [0, 0.05) is 6.54 Å². The number of carboxylic acid groups (broad SMARTS) is 1. The quantitative estimate of drug-likeness (QED) is 0.606. The molecule has 0 saturated carbocycles. The molecule has 0 aliphatic rings. The molecule has 100 valence electrons. The zero-order chi connectivity index (χ0) is 13.7. The Labute approximate surface area is 99.5 Å². The van der Waals surface area contributed by atoms with E-state index in [2.05, 4.69) is 4.74 Å².